The van der Waals surface area contributed by atoms with Crippen molar-refractivity contribution in [2.75, 3.05) is 12.3 Å². The first-order chi connectivity index (χ1) is 8.72. The van der Waals surface area contributed by atoms with E-state index in [1.165, 1.54) is 16.5 Å². The number of halogens is 1. The van der Waals surface area contributed by atoms with Crippen molar-refractivity contribution in [1.29, 1.82) is 0 Å². The Morgan fingerprint density at radius 3 is 3.06 bits per heavy atom. The highest BCUT2D eigenvalue weighted by molar-refractivity contribution is 7.10. The van der Waals surface area contributed by atoms with Gasteiger partial charge in [-0.05, 0) is 35.6 Å². The van der Waals surface area contributed by atoms with Gasteiger partial charge in [0, 0.05) is 35.8 Å². The summed E-state index contributed by atoms with van der Waals surface area (Å²) in [6, 6.07) is 7.12. The van der Waals surface area contributed by atoms with Crippen LogP contribution in [0.25, 0.3) is 0 Å². The first-order valence-corrected chi connectivity index (χ1v) is 6.92. The molecule has 0 saturated heterocycles. The lowest BCUT2D eigenvalue weighted by Crippen LogP contribution is -2.29. The third kappa shape index (κ3) is 2.26. The van der Waals surface area contributed by atoms with E-state index in [4.69, 9.17) is 5.73 Å². The Kier molecular flexibility index (Phi) is 3.06. The lowest BCUT2D eigenvalue weighted by atomic mass is 10.1. The van der Waals surface area contributed by atoms with Crippen molar-refractivity contribution in [1.82, 2.24) is 4.90 Å². The molecule has 1 aromatic carbocycles. The van der Waals surface area contributed by atoms with Gasteiger partial charge in [0.15, 0.2) is 0 Å². The molecule has 0 saturated carbocycles. The third-order valence-corrected chi connectivity index (χ3v) is 4.38. The summed E-state index contributed by atoms with van der Waals surface area (Å²) < 4.78 is 13.7. The van der Waals surface area contributed by atoms with Crippen LogP contribution in [0.5, 0.6) is 0 Å². The molecule has 18 heavy (non-hydrogen) atoms. The predicted molar refractivity (Wildman–Crippen MR) is 72.9 cm³/mol. The van der Waals surface area contributed by atoms with Gasteiger partial charge in [-0.1, -0.05) is 6.07 Å². The van der Waals surface area contributed by atoms with E-state index in [0.717, 1.165) is 25.1 Å². The topological polar surface area (TPSA) is 29.3 Å². The monoisotopic (exact) mass is 262 g/mol. The molecule has 0 unspecified atom stereocenters. The molecule has 0 aliphatic carbocycles. The van der Waals surface area contributed by atoms with E-state index in [1.807, 2.05) is 11.3 Å². The number of nitrogen functional groups attached to an aromatic ring is 1. The van der Waals surface area contributed by atoms with E-state index >= 15 is 0 Å². The molecule has 2 aromatic rings. The quantitative estimate of drug-likeness (QED) is 0.843. The summed E-state index contributed by atoms with van der Waals surface area (Å²) in [5, 5.41) is 2.14. The second kappa shape index (κ2) is 4.71. The smallest absolute Gasteiger partial charge is 0.129 e. The fraction of sp³-hybridized carbons (Fsp3) is 0.286. The highest BCUT2D eigenvalue weighted by Gasteiger charge is 2.18. The van der Waals surface area contributed by atoms with Crippen molar-refractivity contribution in [2.24, 2.45) is 0 Å². The van der Waals surface area contributed by atoms with Crippen molar-refractivity contribution in [3.8, 4) is 0 Å². The molecule has 0 bridgehead atoms. The Balaban J connectivity index is 1.74. The van der Waals surface area contributed by atoms with Crippen LogP contribution >= 0.6 is 11.3 Å². The molecule has 0 spiro atoms. The minimum absolute atomic E-state index is 0.203. The number of nitrogens with zero attached hydrogens (tertiary/aromatic N) is 1. The Labute approximate surface area is 110 Å². The van der Waals surface area contributed by atoms with Gasteiger partial charge in [0.2, 0.25) is 0 Å². The maximum atomic E-state index is 13.7. The van der Waals surface area contributed by atoms with Gasteiger partial charge in [0.25, 0.3) is 0 Å². The number of fused-ring (bicyclic) bond motifs is 1. The molecule has 2 N–H and O–H groups in total. The Bertz CT molecular complexity index is 565. The normalized spacial score (nSPS) is 15.6. The van der Waals surface area contributed by atoms with Gasteiger partial charge >= 0.3 is 0 Å². The second-order valence-corrected chi connectivity index (χ2v) is 5.68. The molecule has 1 aliphatic heterocycles. The van der Waals surface area contributed by atoms with Crippen LogP contribution in [0.2, 0.25) is 0 Å². The van der Waals surface area contributed by atoms with Crippen LogP contribution in [0.4, 0.5) is 10.1 Å². The number of rotatable bonds is 2. The van der Waals surface area contributed by atoms with Crippen LogP contribution in [-0.4, -0.2) is 11.4 Å². The van der Waals surface area contributed by atoms with Gasteiger partial charge in [-0.15, -0.1) is 11.3 Å². The van der Waals surface area contributed by atoms with Crippen LogP contribution in [0.1, 0.15) is 16.0 Å². The Hall–Kier alpha value is -1.39. The van der Waals surface area contributed by atoms with Crippen LogP contribution in [0, 0.1) is 5.82 Å². The number of hydrogen-bond acceptors (Lipinski definition) is 3. The molecular formula is C14H15FN2S. The lowest BCUT2D eigenvalue weighted by molar-refractivity contribution is 0.244. The summed E-state index contributed by atoms with van der Waals surface area (Å²) >= 11 is 1.82. The molecule has 3 rings (SSSR count). The van der Waals surface area contributed by atoms with Crippen LogP contribution in [0.3, 0.4) is 0 Å². The summed E-state index contributed by atoms with van der Waals surface area (Å²) in [6.45, 7) is 2.57. The molecular weight excluding hydrogens is 247 g/mol. The first-order valence-electron chi connectivity index (χ1n) is 6.04. The van der Waals surface area contributed by atoms with E-state index in [1.54, 1.807) is 12.1 Å². The first kappa shape index (κ1) is 11.7. The van der Waals surface area contributed by atoms with Crippen molar-refractivity contribution in [3.05, 3.63) is 51.5 Å². The number of thiophene rings is 1. The molecule has 4 heteroatoms. The second-order valence-electron chi connectivity index (χ2n) is 4.68. The Morgan fingerprint density at radius 2 is 2.22 bits per heavy atom. The molecule has 1 aromatic heterocycles. The molecule has 1 aliphatic rings. The highest BCUT2D eigenvalue weighted by atomic mass is 32.1. The minimum Gasteiger partial charge on any atom is -0.399 e. The zero-order valence-corrected chi connectivity index (χ0v) is 10.8. The van der Waals surface area contributed by atoms with Gasteiger partial charge in [-0.25, -0.2) is 4.39 Å². The van der Waals surface area contributed by atoms with Crippen LogP contribution in [0.15, 0.2) is 29.6 Å². The van der Waals surface area contributed by atoms with Gasteiger partial charge in [-0.2, -0.15) is 0 Å². The van der Waals surface area contributed by atoms with E-state index < -0.39 is 0 Å². The molecule has 0 fully saturated rings. The number of nitrogens with two attached hydrogens (primary N) is 1. The SMILES string of the molecule is Nc1ccc(CN2CCc3sccc3C2)c(F)c1. The van der Waals surface area contributed by atoms with Crippen molar-refractivity contribution in [2.45, 2.75) is 19.5 Å². The lowest BCUT2D eigenvalue weighted by Gasteiger charge is -2.26. The summed E-state index contributed by atoms with van der Waals surface area (Å²) in [6.07, 6.45) is 1.07. The number of anilines is 1. The Morgan fingerprint density at radius 1 is 1.33 bits per heavy atom. The highest BCUT2D eigenvalue weighted by Crippen LogP contribution is 2.25. The maximum absolute atomic E-state index is 13.7. The zero-order chi connectivity index (χ0) is 12.5. The number of hydrogen-bond donors (Lipinski definition) is 1. The maximum Gasteiger partial charge on any atom is 0.129 e. The van der Waals surface area contributed by atoms with E-state index in [-0.39, 0.29) is 5.82 Å². The minimum atomic E-state index is -0.203. The van der Waals surface area contributed by atoms with Gasteiger partial charge < -0.3 is 5.73 Å². The average molecular weight is 262 g/mol. The summed E-state index contributed by atoms with van der Waals surface area (Å²) in [4.78, 5) is 3.76. The van der Waals surface area contributed by atoms with Crippen molar-refractivity contribution < 1.29 is 4.39 Å². The summed E-state index contributed by atoms with van der Waals surface area (Å²) in [7, 11) is 0. The van der Waals surface area contributed by atoms with Crippen molar-refractivity contribution in [3.63, 3.8) is 0 Å². The van der Waals surface area contributed by atoms with E-state index in [9.17, 15) is 4.39 Å². The van der Waals surface area contributed by atoms with E-state index in [2.05, 4.69) is 16.3 Å². The standard InChI is InChI=1S/C14H15FN2S/c15-13-7-12(16)2-1-10(13)8-17-5-3-14-11(9-17)4-6-18-14/h1-2,4,6-7H,3,5,8-9,16H2. The molecule has 0 amide bonds. The summed E-state index contributed by atoms with van der Waals surface area (Å²) in [5.41, 5.74) is 8.15. The average Bonchev–Trinajstić information content (AvgIpc) is 2.80. The fourth-order valence-corrected chi connectivity index (χ4v) is 3.26. The van der Waals surface area contributed by atoms with E-state index in [0.29, 0.717) is 12.2 Å². The molecule has 2 heterocycles. The predicted octanol–water partition coefficient (Wildman–Crippen LogP) is 3.03. The fourth-order valence-electron chi connectivity index (χ4n) is 2.37. The van der Waals surface area contributed by atoms with Crippen LogP contribution < -0.4 is 5.73 Å². The summed E-state index contributed by atoms with van der Waals surface area (Å²) in [5.74, 6) is -0.203. The van der Waals surface area contributed by atoms with Gasteiger partial charge in [-0.3, -0.25) is 4.90 Å². The van der Waals surface area contributed by atoms with Gasteiger partial charge in [0.05, 0.1) is 0 Å². The zero-order valence-electron chi connectivity index (χ0n) is 10.0. The molecule has 0 atom stereocenters. The molecule has 2 nitrogen and oxygen atoms in total. The van der Waals surface area contributed by atoms with Crippen molar-refractivity contribution >= 4 is 17.0 Å². The molecule has 0 radical (unpaired) electrons. The molecule has 94 valence electrons. The third-order valence-electron chi connectivity index (χ3n) is 3.36. The largest absolute Gasteiger partial charge is 0.399 e. The number of benzene rings is 1. The van der Waals surface area contributed by atoms with Gasteiger partial charge in [0.1, 0.15) is 5.82 Å². The van der Waals surface area contributed by atoms with Crippen LogP contribution in [-0.2, 0) is 19.5 Å².